The summed E-state index contributed by atoms with van der Waals surface area (Å²) in [5.41, 5.74) is 2.50. The molecule has 1 atom stereocenters. The molecule has 7 heteroatoms. The molecule has 5 rings (SSSR count). The van der Waals surface area contributed by atoms with Gasteiger partial charge in [0, 0.05) is 6.20 Å². The van der Waals surface area contributed by atoms with Gasteiger partial charge in [0.05, 0.1) is 11.7 Å². The number of piperidine rings is 1. The molecule has 170 valence electrons. The maximum atomic E-state index is 4.73. The lowest BCUT2D eigenvalue weighted by atomic mass is 9.89. The first-order chi connectivity index (χ1) is 15.4. The van der Waals surface area contributed by atoms with E-state index >= 15 is 0 Å². The maximum Gasteiger partial charge on any atom is 0.174 e. The summed E-state index contributed by atoms with van der Waals surface area (Å²) in [7, 11) is 0. The van der Waals surface area contributed by atoms with Crippen LogP contribution in [0.1, 0.15) is 74.1 Å². The highest BCUT2D eigenvalue weighted by molar-refractivity contribution is 5.85. The highest BCUT2D eigenvalue weighted by Crippen LogP contribution is 2.34. The first-order valence-electron chi connectivity index (χ1n) is 11.8. The van der Waals surface area contributed by atoms with E-state index in [1.165, 1.54) is 56.9 Å². The average molecular weight is 453 g/mol. The molecule has 0 amide bonds. The van der Waals surface area contributed by atoms with Gasteiger partial charge in [-0.1, -0.05) is 55.7 Å². The molecule has 0 N–H and O–H groups in total. The Morgan fingerprint density at radius 1 is 0.875 bits per heavy atom. The fraction of sp³-hybridized carbons (Fsp3) is 0.520. The number of pyridine rings is 1. The van der Waals surface area contributed by atoms with Crippen molar-refractivity contribution < 1.29 is 0 Å². The van der Waals surface area contributed by atoms with Crippen LogP contribution in [-0.2, 0) is 6.42 Å². The van der Waals surface area contributed by atoms with Crippen LogP contribution in [0.15, 0.2) is 54.7 Å². The summed E-state index contributed by atoms with van der Waals surface area (Å²) < 4.78 is 2.12. The van der Waals surface area contributed by atoms with Crippen LogP contribution in [0.25, 0.3) is 0 Å². The number of rotatable bonds is 6. The second-order valence-electron chi connectivity index (χ2n) is 9.10. The molecular formula is C25H33ClN6. The van der Waals surface area contributed by atoms with Gasteiger partial charge in [-0.25, -0.2) is 4.68 Å². The number of hydrogen-bond donors (Lipinski definition) is 0. The summed E-state index contributed by atoms with van der Waals surface area (Å²) in [4.78, 5) is 7.28. The molecule has 32 heavy (non-hydrogen) atoms. The summed E-state index contributed by atoms with van der Waals surface area (Å²) in [6.45, 7) is 2.10. The molecule has 3 aromatic rings. The Morgan fingerprint density at radius 2 is 1.62 bits per heavy atom. The number of nitrogens with zero attached hydrogens (tertiary/aromatic N) is 6. The van der Waals surface area contributed by atoms with E-state index in [9.17, 15) is 0 Å². The van der Waals surface area contributed by atoms with Crippen molar-refractivity contribution in [2.24, 2.45) is 5.92 Å². The maximum absolute atomic E-state index is 4.73. The van der Waals surface area contributed by atoms with Crippen molar-refractivity contribution in [3.63, 3.8) is 0 Å². The molecule has 1 aliphatic carbocycles. The number of tetrazole rings is 1. The number of hydrogen-bond acceptors (Lipinski definition) is 5. The lowest BCUT2D eigenvalue weighted by Gasteiger charge is -2.37. The molecule has 3 heterocycles. The van der Waals surface area contributed by atoms with E-state index in [-0.39, 0.29) is 18.4 Å². The third-order valence-corrected chi connectivity index (χ3v) is 7.03. The Hall–Kier alpha value is -2.31. The molecule has 2 fully saturated rings. The van der Waals surface area contributed by atoms with Gasteiger partial charge in [-0.3, -0.25) is 9.88 Å². The standard InChI is InChI=1S/C25H32N6.ClH/c1-3-9-20(10-4-1)19-21-14-17-30(18-15-21)24(23-13-7-8-16-26-23)25-27-28-29-31(25)22-11-5-2-6-12-22;/h1,3-4,7-10,13,16,21-22,24H,2,5-6,11-12,14-15,17-19H2;1H. The van der Waals surface area contributed by atoms with Crippen LogP contribution >= 0.6 is 12.4 Å². The fourth-order valence-corrected chi connectivity index (χ4v) is 5.35. The van der Waals surface area contributed by atoms with Gasteiger partial charge in [0.1, 0.15) is 6.04 Å². The SMILES string of the molecule is Cl.c1ccc(CC2CCN(C(c3ccccn3)c3nnnn3C3CCCCC3)CC2)cc1. The zero-order chi connectivity index (χ0) is 20.9. The lowest BCUT2D eigenvalue weighted by Crippen LogP contribution is -2.39. The van der Waals surface area contributed by atoms with E-state index in [1.54, 1.807) is 0 Å². The van der Waals surface area contributed by atoms with E-state index in [0.717, 1.165) is 30.5 Å². The molecule has 2 aliphatic rings. The van der Waals surface area contributed by atoms with Gasteiger partial charge < -0.3 is 0 Å². The smallest absolute Gasteiger partial charge is 0.174 e. The van der Waals surface area contributed by atoms with Crippen molar-refractivity contribution in [1.29, 1.82) is 0 Å². The van der Waals surface area contributed by atoms with Gasteiger partial charge in [-0.2, -0.15) is 0 Å². The Balaban J connectivity index is 0.00000245. The predicted molar refractivity (Wildman–Crippen MR) is 128 cm³/mol. The average Bonchev–Trinajstić information content (AvgIpc) is 3.32. The van der Waals surface area contributed by atoms with Crippen LogP contribution in [0.3, 0.4) is 0 Å². The fourth-order valence-electron chi connectivity index (χ4n) is 5.35. The van der Waals surface area contributed by atoms with Crippen molar-refractivity contribution in [3.05, 3.63) is 71.8 Å². The van der Waals surface area contributed by atoms with E-state index in [1.807, 2.05) is 12.3 Å². The Kier molecular flexibility index (Phi) is 7.87. The van der Waals surface area contributed by atoms with Gasteiger partial charge in [-0.05, 0) is 79.2 Å². The first kappa shape index (κ1) is 22.9. The number of aromatic nitrogens is 5. The Morgan fingerprint density at radius 3 is 2.34 bits per heavy atom. The van der Waals surface area contributed by atoms with Crippen LogP contribution in [0, 0.1) is 5.92 Å². The summed E-state index contributed by atoms with van der Waals surface area (Å²) in [5, 5.41) is 13.1. The van der Waals surface area contributed by atoms with Crippen molar-refractivity contribution in [2.75, 3.05) is 13.1 Å². The molecule has 1 aromatic carbocycles. The van der Waals surface area contributed by atoms with Crippen molar-refractivity contribution >= 4 is 12.4 Å². The third-order valence-electron chi connectivity index (χ3n) is 7.03. The molecule has 0 spiro atoms. The van der Waals surface area contributed by atoms with Crippen LogP contribution in [0.5, 0.6) is 0 Å². The normalized spacial score (nSPS) is 19.4. The third kappa shape index (κ3) is 5.18. The van der Waals surface area contributed by atoms with Gasteiger partial charge in [0.25, 0.3) is 0 Å². The lowest BCUT2D eigenvalue weighted by molar-refractivity contribution is 0.138. The zero-order valence-corrected chi connectivity index (χ0v) is 19.4. The van der Waals surface area contributed by atoms with Crippen LogP contribution < -0.4 is 0 Å². The van der Waals surface area contributed by atoms with Gasteiger partial charge in [0.15, 0.2) is 5.82 Å². The first-order valence-corrected chi connectivity index (χ1v) is 11.8. The number of halogens is 1. The van der Waals surface area contributed by atoms with Gasteiger partial charge in [-0.15, -0.1) is 17.5 Å². The van der Waals surface area contributed by atoms with Gasteiger partial charge in [0.2, 0.25) is 0 Å². The van der Waals surface area contributed by atoms with Gasteiger partial charge >= 0.3 is 0 Å². The summed E-state index contributed by atoms with van der Waals surface area (Å²) in [5.74, 6) is 1.70. The summed E-state index contributed by atoms with van der Waals surface area (Å²) in [6, 6.07) is 17.5. The van der Waals surface area contributed by atoms with Crippen LogP contribution in [-0.4, -0.2) is 43.2 Å². The second-order valence-corrected chi connectivity index (χ2v) is 9.10. The quantitative estimate of drug-likeness (QED) is 0.524. The summed E-state index contributed by atoms with van der Waals surface area (Å²) >= 11 is 0. The number of benzene rings is 1. The molecule has 2 aromatic heterocycles. The van der Waals surface area contributed by atoms with Crippen molar-refractivity contribution in [2.45, 2.75) is 63.5 Å². The minimum absolute atomic E-state index is 0. The molecule has 1 aliphatic heterocycles. The van der Waals surface area contributed by atoms with Crippen LogP contribution in [0.2, 0.25) is 0 Å². The van der Waals surface area contributed by atoms with Crippen LogP contribution in [0.4, 0.5) is 0 Å². The van der Waals surface area contributed by atoms with E-state index in [2.05, 4.69) is 67.6 Å². The summed E-state index contributed by atoms with van der Waals surface area (Å²) in [6.07, 6.45) is 11.7. The van der Waals surface area contributed by atoms with E-state index in [0.29, 0.717) is 6.04 Å². The number of likely N-dealkylation sites (tertiary alicyclic amines) is 1. The minimum Gasteiger partial charge on any atom is -0.288 e. The van der Waals surface area contributed by atoms with Crippen molar-refractivity contribution in [1.82, 2.24) is 30.1 Å². The molecule has 1 saturated heterocycles. The Bertz CT molecular complexity index is 933. The molecular weight excluding hydrogens is 420 g/mol. The largest absolute Gasteiger partial charge is 0.288 e. The second kappa shape index (κ2) is 11.0. The molecule has 1 saturated carbocycles. The molecule has 0 bridgehead atoms. The highest BCUT2D eigenvalue weighted by Gasteiger charge is 2.33. The topological polar surface area (TPSA) is 59.7 Å². The molecule has 0 radical (unpaired) electrons. The van der Waals surface area contributed by atoms with E-state index < -0.39 is 0 Å². The minimum atomic E-state index is 0. The molecule has 6 nitrogen and oxygen atoms in total. The predicted octanol–water partition coefficient (Wildman–Crippen LogP) is 5.04. The Labute approximate surface area is 196 Å². The highest BCUT2D eigenvalue weighted by atomic mass is 35.5. The zero-order valence-electron chi connectivity index (χ0n) is 18.6. The molecule has 1 unspecified atom stereocenters. The van der Waals surface area contributed by atoms with Crippen molar-refractivity contribution in [3.8, 4) is 0 Å². The van der Waals surface area contributed by atoms with E-state index in [4.69, 9.17) is 4.98 Å². The monoisotopic (exact) mass is 452 g/mol.